The van der Waals surface area contributed by atoms with Crippen LogP contribution in [0, 0.1) is 0 Å². The molecule has 0 saturated heterocycles. The molecular formula is C27H16ClF3N2O3. The summed E-state index contributed by atoms with van der Waals surface area (Å²) in [4.78, 5) is 31.3. The fourth-order valence-electron chi connectivity index (χ4n) is 4.05. The Bertz CT molecular complexity index is 1430. The summed E-state index contributed by atoms with van der Waals surface area (Å²) in [5.74, 6) is -1.14. The van der Waals surface area contributed by atoms with Crippen LogP contribution < -0.4 is 4.74 Å². The van der Waals surface area contributed by atoms with E-state index in [9.17, 15) is 22.8 Å². The van der Waals surface area contributed by atoms with Gasteiger partial charge in [-0.05, 0) is 53.6 Å². The number of aromatic nitrogens is 1. The first-order valence-electron chi connectivity index (χ1n) is 10.8. The van der Waals surface area contributed by atoms with Crippen molar-refractivity contribution in [3.63, 3.8) is 0 Å². The van der Waals surface area contributed by atoms with Crippen LogP contribution in [0.1, 0.15) is 26.3 Å². The Labute approximate surface area is 208 Å². The number of hydrogen-bond acceptors (Lipinski definition) is 4. The van der Waals surface area contributed by atoms with Gasteiger partial charge in [0.05, 0.1) is 23.4 Å². The zero-order chi connectivity index (χ0) is 25.4. The molecule has 180 valence electrons. The molecule has 0 saturated carbocycles. The third kappa shape index (κ3) is 4.67. The Kier molecular flexibility index (Phi) is 5.97. The van der Waals surface area contributed by atoms with Gasteiger partial charge in [0.15, 0.2) is 0 Å². The monoisotopic (exact) mass is 508 g/mol. The average molecular weight is 509 g/mol. The number of hydrogen-bond donors (Lipinski definition) is 0. The highest BCUT2D eigenvalue weighted by molar-refractivity contribution is 6.30. The number of benzene rings is 3. The highest BCUT2D eigenvalue weighted by atomic mass is 35.5. The fraction of sp³-hybridized carbons (Fsp3) is 0.0741. The Morgan fingerprint density at radius 1 is 0.806 bits per heavy atom. The van der Waals surface area contributed by atoms with Crippen molar-refractivity contribution in [3.05, 3.63) is 107 Å². The Morgan fingerprint density at radius 2 is 1.39 bits per heavy atom. The molecule has 1 aliphatic heterocycles. The number of carbonyl (C=O) groups excluding carboxylic acids is 2. The number of fused-ring (bicyclic) bond motifs is 1. The third-order valence-electron chi connectivity index (χ3n) is 5.68. The van der Waals surface area contributed by atoms with Gasteiger partial charge in [-0.1, -0.05) is 48.0 Å². The number of amides is 2. The van der Waals surface area contributed by atoms with Crippen molar-refractivity contribution in [2.24, 2.45) is 0 Å². The number of imide groups is 1. The van der Waals surface area contributed by atoms with Crippen LogP contribution >= 0.6 is 11.6 Å². The van der Waals surface area contributed by atoms with E-state index in [1.807, 2.05) is 0 Å². The summed E-state index contributed by atoms with van der Waals surface area (Å²) in [6, 6.07) is 20.7. The van der Waals surface area contributed by atoms with Crippen LogP contribution in [-0.4, -0.2) is 28.1 Å². The second-order valence-corrected chi connectivity index (χ2v) is 8.50. The van der Waals surface area contributed by atoms with E-state index in [-0.39, 0.29) is 12.3 Å². The van der Waals surface area contributed by atoms with Crippen molar-refractivity contribution in [2.75, 3.05) is 0 Å². The summed E-state index contributed by atoms with van der Waals surface area (Å²) < 4.78 is 41.7. The van der Waals surface area contributed by atoms with Crippen LogP contribution in [0.5, 0.6) is 5.75 Å². The molecule has 2 amide bonds. The van der Waals surface area contributed by atoms with Crippen molar-refractivity contribution in [2.45, 2.75) is 12.9 Å². The van der Waals surface area contributed by atoms with E-state index in [0.29, 0.717) is 38.5 Å². The quantitative estimate of drug-likeness (QED) is 0.279. The molecule has 5 rings (SSSR count). The van der Waals surface area contributed by atoms with Gasteiger partial charge in [-0.25, -0.2) is 0 Å². The first kappa shape index (κ1) is 23.6. The number of ether oxygens (including phenoxy) is 1. The van der Waals surface area contributed by atoms with Crippen LogP contribution in [0.25, 0.3) is 22.4 Å². The predicted octanol–water partition coefficient (Wildman–Crippen LogP) is 6.76. The molecule has 5 nitrogen and oxygen atoms in total. The van der Waals surface area contributed by atoms with Crippen LogP contribution in [0.4, 0.5) is 13.2 Å². The Hall–Kier alpha value is -4.17. The van der Waals surface area contributed by atoms with E-state index < -0.39 is 18.2 Å². The van der Waals surface area contributed by atoms with Gasteiger partial charge in [-0.15, -0.1) is 13.2 Å². The lowest BCUT2D eigenvalue weighted by Crippen LogP contribution is -2.29. The molecular weight excluding hydrogens is 493 g/mol. The van der Waals surface area contributed by atoms with Crippen molar-refractivity contribution in [1.82, 2.24) is 9.88 Å². The lowest BCUT2D eigenvalue weighted by atomic mass is 9.97. The van der Waals surface area contributed by atoms with Crippen LogP contribution in [0.15, 0.2) is 85.1 Å². The van der Waals surface area contributed by atoms with Crippen LogP contribution in [0.2, 0.25) is 5.02 Å². The van der Waals surface area contributed by atoms with Gasteiger partial charge in [0.1, 0.15) is 5.75 Å². The lowest BCUT2D eigenvalue weighted by Gasteiger charge is -2.17. The molecule has 0 radical (unpaired) electrons. The largest absolute Gasteiger partial charge is 0.573 e. The van der Waals surface area contributed by atoms with E-state index in [4.69, 9.17) is 11.6 Å². The Morgan fingerprint density at radius 3 is 1.97 bits per heavy atom. The third-order valence-corrected chi connectivity index (χ3v) is 5.93. The first-order valence-corrected chi connectivity index (χ1v) is 11.1. The maximum atomic E-state index is 12.8. The summed E-state index contributed by atoms with van der Waals surface area (Å²) in [5, 5.41) is 0.538. The molecule has 2 heterocycles. The van der Waals surface area contributed by atoms with Crippen molar-refractivity contribution < 1.29 is 27.5 Å². The maximum Gasteiger partial charge on any atom is 0.573 e. The van der Waals surface area contributed by atoms with Gasteiger partial charge in [-0.2, -0.15) is 0 Å². The van der Waals surface area contributed by atoms with Crippen molar-refractivity contribution in [3.8, 4) is 28.1 Å². The minimum Gasteiger partial charge on any atom is -0.406 e. The number of halogens is 4. The minimum atomic E-state index is -4.80. The van der Waals surface area contributed by atoms with Crippen LogP contribution in [-0.2, 0) is 6.54 Å². The lowest BCUT2D eigenvalue weighted by molar-refractivity contribution is -0.274. The molecule has 3 aromatic carbocycles. The predicted molar refractivity (Wildman–Crippen MR) is 127 cm³/mol. The highest BCUT2D eigenvalue weighted by Crippen LogP contribution is 2.34. The fourth-order valence-corrected chi connectivity index (χ4v) is 4.18. The van der Waals surface area contributed by atoms with E-state index in [0.717, 1.165) is 10.5 Å². The number of carbonyl (C=O) groups is 2. The molecule has 0 atom stereocenters. The molecule has 0 N–H and O–H groups in total. The van der Waals surface area contributed by atoms with E-state index in [1.54, 1.807) is 60.8 Å². The number of nitrogens with zero attached hydrogens (tertiary/aromatic N) is 2. The SMILES string of the molecule is O=C1c2ccccc2C(=O)N1Cc1cnc(-c2ccc(Cl)cc2)c(-c2ccc(OC(F)(F)F)cc2)c1. The van der Waals surface area contributed by atoms with Gasteiger partial charge in [0.25, 0.3) is 11.8 Å². The molecule has 0 fully saturated rings. The van der Waals surface area contributed by atoms with E-state index >= 15 is 0 Å². The molecule has 9 heteroatoms. The molecule has 4 aromatic rings. The number of pyridine rings is 1. The molecule has 0 bridgehead atoms. The molecule has 36 heavy (non-hydrogen) atoms. The first-order chi connectivity index (χ1) is 17.2. The molecule has 0 unspecified atom stereocenters. The van der Waals surface area contributed by atoms with Crippen molar-refractivity contribution >= 4 is 23.4 Å². The van der Waals surface area contributed by atoms with Gasteiger partial charge >= 0.3 is 6.36 Å². The molecule has 1 aromatic heterocycles. The second-order valence-electron chi connectivity index (χ2n) is 8.06. The summed E-state index contributed by atoms with van der Waals surface area (Å²) in [7, 11) is 0. The van der Waals surface area contributed by atoms with Crippen molar-refractivity contribution in [1.29, 1.82) is 0 Å². The summed E-state index contributed by atoms with van der Waals surface area (Å²) in [5.41, 5.74) is 3.73. The average Bonchev–Trinajstić information content (AvgIpc) is 3.09. The molecule has 0 aliphatic carbocycles. The zero-order valence-corrected chi connectivity index (χ0v) is 19.2. The van der Waals surface area contributed by atoms with Gasteiger partial charge < -0.3 is 4.74 Å². The highest BCUT2D eigenvalue weighted by Gasteiger charge is 2.35. The summed E-state index contributed by atoms with van der Waals surface area (Å²) in [6.45, 7) is -0.0114. The maximum absolute atomic E-state index is 12.8. The van der Waals surface area contributed by atoms with Gasteiger partial charge in [0.2, 0.25) is 0 Å². The number of alkyl halides is 3. The summed E-state index contributed by atoms with van der Waals surface area (Å²) in [6.07, 6.45) is -3.23. The number of rotatable bonds is 5. The normalized spacial score (nSPS) is 13.2. The Balaban J connectivity index is 1.52. The molecule has 0 spiro atoms. The topological polar surface area (TPSA) is 59.5 Å². The summed E-state index contributed by atoms with van der Waals surface area (Å²) >= 11 is 6.02. The van der Waals surface area contributed by atoms with E-state index in [1.165, 1.54) is 24.3 Å². The smallest absolute Gasteiger partial charge is 0.406 e. The van der Waals surface area contributed by atoms with Crippen LogP contribution in [0.3, 0.4) is 0 Å². The van der Waals surface area contributed by atoms with Gasteiger partial charge in [0, 0.05) is 22.3 Å². The molecule has 1 aliphatic rings. The van der Waals surface area contributed by atoms with E-state index in [2.05, 4.69) is 9.72 Å². The minimum absolute atomic E-state index is 0.0114. The second kappa shape index (κ2) is 9.13. The zero-order valence-electron chi connectivity index (χ0n) is 18.4. The van der Waals surface area contributed by atoms with Gasteiger partial charge in [-0.3, -0.25) is 19.5 Å². The standard InChI is InChI=1S/C27H16ClF3N2O3/c28-19-9-5-18(6-10-19)24-23(17-7-11-20(12-8-17)36-27(29,30)31)13-16(14-32-24)15-33-25(34)21-3-1-2-4-22(21)26(33)35/h1-14H,15H2.